The van der Waals surface area contributed by atoms with Crippen molar-refractivity contribution < 1.29 is 53.4 Å². The van der Waals surface area contributed by atoms with Gasteiger partial charge >= 0.3 is 12.5 Å². The van der Waals surface area contributed by atoms with Gasteiger partial charge in [-0.3, -0.25) is 0 Å². The van der Waals surface area contributed by atoms with Crippen LogP contribution >= 0.6 is 11.6 Å². The van der Waals surface area contributed by atoms with Crippen LogP contribution in [0, 0.1) is 12.7 Å². The highest BCUT2D eigenvalue weighted by Gasteiger charge is 2.36. The average Bonchev–Trinajstić information content (AvgIpc) is 3.54. The number of nitrogens with zero attached hydrogens (tertiary/aromatic N) is 3. The fourth-order valence-electron chi connectivity index (χ4n) is 4.63. The lowest BCUT2D eigenvalue weighted by atomic mass is 9.97. The molecule has 0 unspecified atom stereocenters. The molecule has 0 saturated heterocycles. The summed E-state index contributed by atoms with van der Waals surface area (Å²) in [5.41, 5.74) is -1.43. The molecule has 0 fully saturated rings. The Hall–Kier alpha value is -4.41. The predicted molar refractivity (Wildman–Crippen MR) is 150 cm³/mol. The zero-order valence-corrected chi connectivity index (χ0v) is 24.9. The topological polar surface area (TPSA) is 107 Å². The standard InChI is InChI=1S/C29H19ClF7N3O5S/c1-14-38-26(15-3-6-18(7-4-15)45-29(35,36)37)27(44-14)19-9-16(17-10-21(31)20(13-41)23(11-17)46(2,42)43)5-8-22(19)40-25(30)12-24(39-40)28(32,33)34/h3-12,41H,13H2,1-2H3. The first-order chi connectivity index (χ1) is 21.4. The summed E-state index contributed by atoms with van der Waals surface area (Å²) in [6, 6.07) is 11.2. The Kier molecular flexibility index (Phi) is 8.42. The van der Waals surface area contributed by atoms with Crippen LogP contribution in [-0.2, 0) is 22.6 Å². The number of aliphatic hydroxyl groups excluding tert-OH is 1. The number of hydrogen-bond acceptors (Lipinski definition) is 7. The molecule has 5 aromatic rings. The van der Waals surface area contributed by atoms with Crippen LogP contribution in [0.15, 0.2) is 70.0 Å². The molecule has 2 heterocycles. The van der Waals surface area contributed by atoms with E-state index >= 15 is 4.39 Å². The van der Waals surface area contributed by atoms with E-state index in [9.17, 15) is 39.9 Å². The van der Waals surface area contributed by atoms with Crippen LogP contribution in [-0.4, -0.2) is 40.9 Å². The van der Waals surface area contributed by atoms with Crippen molar-refractivity contribution in [1.29, 1.82) is 0 Å². The highest BCUT2D eigenvalue weighted by molar-refractivity contribution is 7.90. The molecule has 0 radical (unpaired) electrons. The number of hydrogen-bond donors (Lipinski definition) is 1. The van der Waals surface area contributed by atoms with Crippen molar-refractivity contribution in [3.8, 4) is 45.1 Å². The molecule has 8 nitrogen and oxygen atoms in total. The van der Waals surface area contributed by atoms with Gasteiger partial charge in [0.2, 0.25) is 0 Å². The van der Waals surface area contributed by atoms with E-state index in [1.54, 1.807) is 0 Å². The third-order valence-electron chi connectivity index (χ3n) is 6.57. The summed E-state index contributed by atoms with van der Waals surface area (Å²) in [5, 5.41) is 12.7. The van der Waals surface area contributed by atoms with E-state index in [1.165, 1.54) is 37.3 Å². The number of alkyl halides is 6. The summed E-state index contributed by atoms with van der Waals surface area (Å²) in [5.74, 6) is -1.60. The lowest BCUT2D eigenvalue weighted by Gasteiger charge is -2.15. The Morgan fingerprint density at radius 3 is 2.17 bits per heavy atom. The van der Waals surface area contributed by atoms with E-state index < -0.39 is 61.9 Å². The van der Waals surface area contributed by atoms with Gasteiger partial charge in [0, 0.05) is 35.9 Å². The molecular weight excluding hydrogens is 671 g/mol. The third-order valence-corrected chi connectivity index (χ3v) is 8.00. The Bertz CT molecular complexity index is 2060. The van der Waals surface area contributed by atoms with Gasteiger partial charge in [-0.1, -0.05) is 17.7 Å². The van der Waals surface area contributed by atoms with Gasteiger partial charge in [-0.15, -0.1) is 13.2 Å². The summed E-state index contributed by atoms with van der Waals surface area (Å²) >= 11 is 6.17. The molecule has 0 bridgehead atoms. The summed E-state index contributed by atoms with van der Waals surface area (Å²) in [6.45, 7) is 0.535. The van der Waals surface area contributed by atoms with Gasteiger partial charge in [0.1, 0.15) is 22.4 Å². The average molecular weight is 690 g/mol. The molecule has 0 aliphatic carbocycles. The molecule has 0 saturated carbocycles. The van der Waals surface area contributed by atoms with Gasteiger partial charge in [0.05, 0.1) is 17.2 Å². The van der Waals surface area contributed by atoms with E-state index in [0.29, 0.717) is 6.07 Å². The van der Waals surface area contributed by atoms with E-state index in [-0.39, 0.29) is 45.3 Å². The largest absolute Gasteiger partial charge is 0.573 e. The molecule has 0 aliphatic rings. The first-order valence-electron chi connectivity index (χ1n) is 12.8. The van der Waals surface area contributed by atoms with Gasteiger partial charge in [-0.25, -0.2) is 22.5 Å². The number of aryl methyl sites for hydroxylation is 1. The highest BCUT2D eigenvalue weighted by Crippen LogP contribution is 2.41. The number of sulfone groups is 1. The lowest BCUT2D eigenvalue weighted by Crippen LogP contribution is -2.16. The summed E-state index contributed by atoms with van der Waals surface area (Å²) in [6.07, 6.45) is -8.99. The fraction of sp³-hybridized carbons (Fsp3) is 0.172. The molecule has 17 heteroatoms. The summed E-state index contributed by atoms with van der Waals surface area (Å²) in [4.78, 5) is 3.82. The maximum atomic E-state index is 15.0. The first kappa shape index (κ1) is 33.0. The molecule has 0 atom stereocenters. The van der Waals surface area contributed by atoms with Crippen molar-refractivity contribution in [1.82, 2.24) is 14.8 Å². The zero-order valence-electron chi connectivity index (χ0n) is 23.3. The summed E-state index contributed by atoms with van der Waals surface area (Å²) in [7, 11) is -4.03. The minimum absolute atomic E-state index is 0.00464. The smallest absolute Gasteiger partial charge is 0.440 e. The number of oxazole rings is 1. The minimum Gasteiger partial charge on any atom is -0.440 e. The third kappa shape index (κ3) is 6.73. The van der Waals surface area contributed by atoms with Crippen molar-refractivity contribution in [3.63, 3.8) is 0 Å². The maximum absolute atomic E-state index is 15.0. The van der Waals surface area contributed by atoms with E-state index in [4.69, 9.17) is 16.0 Å². The molecule has 242 valence electrons. The Morgan fingerprint density at radius 1 is 0.957 bits per heavy atom. The quantitative estimate of drug-likeness (QED) is 0.174. The minimum atomic E-state index is -4.95. The SMILES string of the molecule is Cc1nc(-c2ccc(OC(F)(F)F)cc2)c(-c2cc(-c3cc(F)c(CO)c(S(C)(=O)=O)c3)ccc2-n2nc(C(F)(F)F)cc2Cl)o1. The molecule has 0 amide bonds. The number of rotatable bonds is 7. The van der Waals surface area contributed by atoms with Crippen LogP contribution in [0.25, 0.3) is 39.4 Å². The molecule has 3 aromatic carbocycles. The molecule has 46 heavy (non-hydrogen) atoms. The molecule has 0 spiro atoms. The number of aliphatic hydroxyl groups is 1. The first-order valence-corrected chi connectivity index (χ1v) is 15.1. The number of benzene rings is 3. The van der Waals surface area contributed by atoms with Crippen LogP contribution in [0.4, 0.5) is 30.7 Å². The Labute approximate surface area is 260 Å². The van der Waals surface area contributed by atoms with Crippen molar-refractivity contribution >= 4 is 21.4 Å². The number of aromatic nitrogens is 3. The number of halogens is 8. The second kappa shape index (κ2) is 11.7. The second-order valence-corrected chi connectivity index (χ2v) is 12.2. The summed E-state index contributed by atoms with van der Waals surface area (Å²) < 4.78 is 129. The van der Waals surface area contributed by atoms with Gasteiger partial charge in [-0.2, -0.15) is 18.3 Å². The van der Waals surface area contributed by atoms with Gasteiger partial charge in [0.15, 0.2) is 27.2 Å². The van der Waals surface area contributed by atoms with Crippen molar-refractivity contribution in [2.45, 2.75) is 31.0 Å². The van der Waals surface area contributed by atoms with E-state index in [2.05, 4.69) is 14.8 Å². The number of ether oxygens (including phenoxy) is 1. The lowest BCUT2D eigenvalue weighted by molar-refractivity contribution is -0.274. The maximum Gasteiger partial charge on any atom is 0.573 e. The van der Waals surface area contributed by atoms with Crippen LogP contribution in [0.3, 0.4) is 0 Å². The van der Waals surface area contributed by atoms with Crippen LogP contribution in [0.2, 0.25) is 5.15 Å². The molecule has 0 aliphatic heterocycles. The molecule has 5 rings (SSSR count). The zero-order chi connectivity index (χ0) is 33.8. The predicted octanol–water partition coefficient (Wildman–Crippen LogP) is 7.78. The van der Waals surface area contributed by atoms with E-state index in [1.807, 2.05) is 0 Å². The molecule has 1 N–H and O–H groups in total. The van der Waals surface area contributed by atoms with Crippen LogP contribution in [0.5, 0.6) is 5.75 Å². The molecular formula is C29H19ClF7N3O5S. The van der Waals surface area contributed by atoms with Crippen molar-refractivity contribution in [3.05, 3.63) is 88.8 Å². The van der Waals surface area contributed by atoms with Crippen LogP contribution < -0.4 is 4.74 Å². The Morgan fingerprint density at radius 2 is 1.61 bits per heavy atom. The normalized spacial score (nSPS) is 12.5. The van der Waals surface area contributed by atoms with Gasteiger partial charge < -0.3 is 14.3 Å². The van der Waals surface area contributed by atoms with Crippen molar-refractivity contribution in [2.24, 2.45) is 0 Å². The van der Waals surface area contributed by atoms with E-state index in [0.717, 1.165) is 35.2 Å². The highest BCUT2D eigenvalue weighted by atomic mass is 35.5. The fourth-order valence-corrected chi connectivity index (χ4v) is 5.81. The molecule has 2 aromatic heterocycles. The van der Waals surface area contributed by atoms with Gasteiger partial charge in [0.25, 0.3) is 0 Å². The monoisotopic (exact) mass is 689 g/mol. The Balaban J connectivity index is 1.76. The van der Waals surface area contributed by atoms with Crippen molar-refractivity contribution in [2.75, 3.05) is 6.26 Å². The van der Waals surface area contributed by atoms with Crippen LogP contribution in [0.1, 0.15) is 17.1 Å². The second-order valence-electron chi connectivity index (χ2n) is 9.84. The van der Waals surface area contributed by atoms with Gasteiger partial charge in [-0.05, 0) is 59.7 Å².